The molecule has 0 fully saturated rings. The van der Waals surface area contributed by atoms with Gasteiger partial charge in [0.1, 0.15) is 0 Å². The summed E-state index contributed by atoms with van der Waals surface area (Å²) < 4.78 is 38.3. The van der Waals surface area contributed by atoms with Crippen LogP contribution >= 0.6 is 16.1 Å². The number of anilines is 1. The topological polar surface area (TPSA) is 37.8 Å². The number of nitrogens with zero attached hydrogens (tertiary/aromatic N) is 2. The van der Waals surface area contributed by atoms with Crippen molar-refractivity contribution in [1.82, 2.24) is 9.97 Å². The summed E-state index contributed by atoms with van der Waals surface area (Å²) in [4.78, 5) is 6.56. The maximum Gasteiger partial charge on any atom is 0.437 e. The Morgan fingerprint density at radius 3 is 2.25 bits per heavy atom. The Balaban J connectivity index is 3.14. The van der Waals surface area contributed by atoms with Gasteiger partial charge in [0, 0.05) is 28.5 Å². The third kappa shape index (κ3) is 1.84. The van der Waals surface area contributed by atoms with E-state index in [2.05, 4.69) is 30.5 Å². The van der Waals surface area contributed by atoms with Crippen LogP contribution in [0.3, 0.4) is 0 Å². The zero-order valence-corrected chi connectivity index (χ0v) is 7.15. The second kappa shape index (κ2) is 3.26. The summed E-state index contributed by atoms with van der Waals surface area (Å²) in [5.74, 6) is -0.343. The van der Waals surface area contributed by atoms with Crippen LogP contribution in [0.4, 0.5) is 19.0 Å². The highest BCUT2D eigenvalue weighted by atomic mass is 79.9. The van der Waals surface area contributed by atoms with Gasteiger partial charge in [0.15, 0.2) is 11.5 Å². The van der Waals surface area contributed by atoms with Gasteiger partial charge in [0.2, 0.25) is 0 Å². The van der Waals surface area contributed by atoms with Crippen molar-refractivity contribution in [1.29, 1.82) is 0 Å². The van der Waals surface area contributed by atoms with E-state index in [4.69, 9.17) is 0 Å². The van der Waals surface area contributed by atoms with Crippen molar-refractivity contribution in [3.8, 4) is 0 Å². The first kappa shape index (κ1) is 9.24. The zero-order chi connectivity index (χ0) is 9.19. The van der Waals surface area contributed by atoms with E-state index in [-0.39, 0.29) is 5.82 Å². The zero-order valence-electron chi connectivity index (χ0n) is 5.56. The molecular weight excluding hydrogens is 239 g/mol. The number of hydrogen-bond acceptors (Lipinski definition) is 3. The predicted octanol–water partition coefficient (Wildman–Crippen LogP) is 2.22. The van der Waals surface area contributed by atoms with E-state index in [0.717, 1.165) is 6.20 Å². The molecule has 12 heavy (non-hydrogen) atoms. The third-order valence-corrected chi connectivity index (χ3v) is 1.43. The Bertz CT molecular complexity index is 275. The van der Waals surface area contributed by atoms with E-state index < -0.39 is 11.9 Å². The van der Waals surface area contributed by atoms with Crippen molar-refractivity contribution < 1.29 is 13.2 Å². The third-order valence-electron chi connectivity index (χ3n) is 1.06. The van der Waals surface area contributed by atoms with Gasteiger partial charge in [-0.1, -0.05) is 0 Å². The van der Waals surface area contributed by atoms with Crippen LogP contribution in [0.2, 0.25) is 0 Å². The van der Waals surface area contributed by atoms with Crippen LogP contribution in [0.25, 0.3) is 0 Å². The first-order valence-corrected chi connectivity index (χ1v) is 3.60. The van der Waals surface area contributed by atoms with E-state index >= 15 is 0 Å². The normalized spacial score (nSPS) is 11.3. The quantitative estimate of drug-likeness (QED) is 0.767. The molecule has 0 saturated carbocycles. The standard InChI is InChI=1S/C5H3BrF3N3/c6-12-4-3(5(7,8)9)10-1-2-11-4/h1-2H,(H,11,12). The van der Waals surface area contributed by atoms with Crippen LogP contribution in [-0.4, -0.2) is 9.97 Å². The summed E-state index contributed by atoms with van der Waals surface area (Å²) in [6.45, 7) is 0. The van der Waals surface area contributed by atoms with Gasteiger partial charge < -0.3 is 4.34 Å². The van der Waals surface area contributed by atoms with E-state index in [0.29, 0.717) is 0 Å². The van der Waals surface area contributed by atoms with Gasteiger partial charge in [-0.2, -0.15) is 13.2 Å². The molecule has 0 radical (unpaired) electrons. The summed E-state index contributed by atoms with van der Waals surface area (Å²) in [6, 6.07) is 0. The average Bonchev–Trinajstić information content (AvgIpc) is 2.03. The molecule has 66 valence electrons. The number of rotatable bonds is 1. The van der Waals surface area contributed by atoms with Crippen LogP contribution in [0.5, 0.6) is 0 Å². The first-order chi connectivity index (χ1) is 5.55. The molecule has 7 heteroatoms. The van der Waals surface area contributed by atoms with E-state index in [1.165, 1.54) is 6.20 Å². The van der Waals surface area contributed by atoms with Gasteiger partial charge >= 0.3 is 6.18 Å². The summed E-state index contributed by atoms with van der Waals surface area (Å²) >= 11 is 2.65. The molecule has 0 aliphatic heterocycles. The predicted molar refractivity (Wildman–Crippen MR) is 39.6 cm³/mol. The Kier molecular flexibility index (Phi) is 2.51. The van der Waals surface area contributed by atoms with Crippen molar-refractivity contribution in [2.24, 2.45) is 0 Å². The molecule has 0 spiro atoms. The highest BCUT2D eigenvalue weighted by Gasteiger charge is 2.36. The fourth-order valence-electron chi connectivity index (χ4n) is 0.615. The summed E-state index contributed by atoms with van der Waals surface area (Å²) in [5, 5.41) is 0. The van der Waals surface area contributed by atoms with Crippen molar-refractivity contribution >= 4 is 22.0 Å². The number of alkyl halides is 3. The molecule has 0 aromatic carbocycles. The number of halogens is 4. The Hall–Kier alpha value is -0.850. The highest BCUT2D eigenvalue weighted by molar-refractivity contribution is 9.10. The van der Waals surface area contributed by atoms with E-state index in [9.17, 15) is 13.2 Å². The van der Waals surface area contributed by atoms with Crippen LogP contribution in [-0.2, 0) is 6.18 Å². The van der Waals surface area contributed by atoms with Gasteiger partial charge in [-0.25, -0.2) is 9.97 Å². The number of nitrogens with one attached hydrogen (secondary N) is 1. The highest BCUT2D eigenvalue weighted by Crippen LogP contribution is 2.31. The average molecular weight is 242 g/mol. The first-order valence-electron chi connectivity index (χ1n) is 2.80. The largest absolute Gasteiger partial charge is 0.437 e. The van der Waals surface area contributed by atoms with Gasteiger partial charge in [-0.15, -0.1) is 0 Å². The second-order valence-electron chi connectivity index (χ2n) is 1.85. The van der Waals surface area contributed by atoms with Gasteiger partial charge in [0.25, 0.3) is 0 Å². The fourth-order valence-corrected chi connectivity index (χ4v) is 0.905. The van der Waals surface area contributed by atoms with Crippen molar-refractivity contribution in [2.75, 3.05) is 4.34 Å². The molecule has 0 atom stereocenters. The fraction of sp³-hybridized carbons (Fsp3) is 0.200. The molecule has 0 bridgehead atoms. The Labute approximate surface area is 74.4 Å². The van der Waals surface area contributed by atoms with E-state index in [1.54, 1.807) is 0 Å². The molecule has 0 aliphatic carbocycles. The lowest BCUT2D eigenvalue weighted by Crippen LogP contribution is -2.11. The molecule has 0 saturated heterocycles. The maximum absolute atomic E-state index is 12.1. The summed E-state index contributed by atoms with van der Waals surface area (Å²) in [6.07, 6.45) is -2.33. The molecule has 0 aliphatic rings. The lowest BCUT2D eigenvalue weighted by atomic mass is 10.4. The molecule has 1 heterocycles. The molecule has 1 aromatic heterocycles. The van der Waals surface area contributed by atoms with Crippen LogP contribution in [0.1, 0.15) is 5.69 Å². The van der Waals surface area contributed by atoms with Crippen LogP contribution in [0.15, 0.2) is 12.4 Å². The minimum absolute atomic E-state index is 0.343. The van der Waals surface area contributed by atoms with Crippen LogP contribution < -0.4 is 4.34 Å². The Morgan fingerprint density at radius 2 is 1.83 bits per heavy atom. The molecular formula is C5H3BrF3N3. The Morgan fingerprint density at radius 1 is 1.25 bits per heavy atom. The smallest absolute Gasteiger partial charge is 0.305 e. The van der Waals surface area contributed by atoms with Crippen molar-refractivity contribution in [3.63, 3.8) is 0 Å². The minimum Gasteiger partial charge on any atom is -0.305 e. The van der Waals surface area contributed by atoms with Crippen LogP contribution in [0, 0.1) is 0 Å². The van der Waals surface area contributed by atoms with Crippen molar-refractivity contribution in [2.45, 2.75) is 6.18 Å². The molecule has 0 amide bonds. The maximum atomic E-state index is 12.1. The van der Waals surface area contributed by atoms with Crippen molar-refractivity contribution in [3.05, 3.63) is 18.1 Å². The van der Waals surface area contributed by atoms with Gasteiger partial charge in [0.05, 0.1) is 0 Å². The molecule has 3 nitrogen and oxygen atoms in total. The number of hydrogen-bond donors (Lipinski definition) is 1. The molecule has 1 rings (SSSR count). The summed E-state index contributed by atoms with van der Waals surface area (Å²) in [5.41, 5.74) is -1.04. The summed E-state index contributed by atoms with van der Waals surface area (Å²) in [7, 11) is 0. The molecule has 1 aromatic rings. The molecule has 1 N–H and O–H groups in total. The molecule has 0 unspecified atom stereocenters. The SMILES string of the molecule is FC(F)(F)c1nccnc1NBr. The monoisotopic (exact) mass is 241 g/mol. The minimum atomic E-state index is -4.48. The van der Waals surface area contributed by atoms with Gasteiger partial charge in [-0.3, -0.25) is 0 Å². The lowest BCUT2D eigenvalue weighted by molar-refractivity contribution is -0.140. The van der Waals surface area contributed by atoms with E-state index in [1.807, 2.05) is 0 Å². The number of aromatic nitrogens is 2. The second-order valence-corrected chi connectivity index (χ2v) is 2.24. The van der Waals surface area contributed by atoms with Gasteiger partial charge in [-0.05, 0) is 0 Å². The lowest BCUT2D eigenvalue weighted by Gasteiger charge is -2.07.